The van der Waals surface area contributed by atoms with E-state index in [9.17, 15) is 0 Å². The van der Waals surface area contributed by atoms with Gasteiger partial charge in [0.2, 0.25) is 0 Å². The highest BCUT2D eigenvalue weighted by Crippen LogP contribution is 2.26. The van der Waals surface area contributed by atoms with Crippen molar-refractivity contribution in [2.45, 2.75) is 38.8 Å². The lowest BCUT2D eigenvalue weighted by atomic mass is 10.1. The fourth-order valence-corrected chi connectivity index (χ4v) is 3.18. The maximum absolute atomic E-state index is 5.80. The van der Waals surface area contributed by atoms with Crippen molar-refractivity contribution in [3.8, 4) is 5.75 Å². The number of likely N-dealkylation sites (tertiary alicyclic amines) is 1. The van der Waals surface area contributed by atoms with Crippen LogP contribution in [0, 0.1) is 5.92 Å². The second kappa shape index (κ2) is 6.40. The average Bonchev–Trinajstić information content (AvgIpc) is 2.81. The van der Waals surface area contributed by atoms with Crippen molar-refractivity contribution in [1.29, 1.82) is 0 Å². The van der Waals surface area contributed by atoms with E-state index in [1.54, 1.807) is 7.11 Å². The van der Waals surface area contributed by atoms with E-state index in [0.717, 1.165) is 25.3 Å². The topological polar surface area (TPSA) is 38.5 Å². The first-order chi connectivity index (χ1) is 9.13. The van der Waals surface area contributed by atoms with Crippen LogP contribution in [0.2, 0.25) is 0 Å². The minimum Gasteiger partial charge on any atom is -0.497 e. The summed E-state index contributed by atoms with van der Waals surface area (Å²) in [5.74, 6) is 1.60. The Morgan fingerprint density at radius 3 is 2.58 bits per heavy atom. The highest BCUT2D eigenvalue weighted by atomic mass is 16.5. The Labute approximate surface area is 116 Å². The molecule has 1 fully saturated rings. The molecular weight excluding hydrogens is 236 g/mol. The van der Waals surface area contributed by atoms with Crippen LogP contribution >= 0.6 is 0 Å². The van der Waals surface area contributed by atoms with E-state index in [1.165, 1.54) is 12.0 Å². The predicted molar refractivity (Wildman–Crippen MR) is 79.5 cm³/mol. The third-order valence-electron chi connectivity index (χ3n) is 4.30. The summed E-state index contributed by atoms with van der Waals surface area (Å²) in [5.41, 5.74) is 7.17. The van der Waals surface area contributed by atoms with E-state index in [4.69, 9.17) is 10.5 Å². The van der Waals surface area contributed by atoms with E-state index in [0.29, 0.717) is 18.0 Å². The molecule has 0 amide bonds. The van der Waals surface area contributed by atoms with Crippen molar-refractivity contribution < 1.29 is 4.74 Å². The van der Waals surface area contributed by atoms with Crippen LogP contribution < -0.4 is 10.5 Å². The van der Waals surface area contributed by atoms with Gasteiger partial charge in [-0.2, -0.15) is 0 Å². The van der Waals surface area contributed by atoms with Gasteiger partial charge < -0.3 is 10.5 Å². The second-order valence-electron chi connectivity index (χ2n) is 5.78. The summed E-state index contributed by atoms with van der Waals surface area (Å²) in [6, 6.07) is 9.63. The van der Waals surface area contributed by atoms with Crippen molar-refractivity contribution >= 4 is 0 Å². The third-order valence-corrected chi connectivity index (χ3v) is 4.30. The largest absolute Gasteiger partial charge is 0.497 e. The van der Waals surface area contributed by atoms with Gasteiger partial charge in [0.05, 0.1) is 7.11 Å². The minimum absolute atomic E-state index is 0.569. The molecule has 1 heterocycles. The van der Waals surface area contributed by atoms with Crippen LogP contribution in [0.3, 0.4) is 0 Å². The smallest absolute Gasteiger partial charge is 0.118 e. The third kappa shape index (κ3) is 3.48. The summed E-state index contributed by atoms with van der Waals surface area (Å²) < 4.78 is 5.20. The quantitative estimate of drug-likeness (QED) is 0.885. The first kappa shape index (κ1) is 14.4. The van der Waals surface area contributed by atoms with Crippen molar-refractivity contribution in [3.63, 3.8) is 0 Å². The fourth-order valence-electron chi connectivity index (χ4n) is 3.18. The maximum atomic E-state index is 5.80. The summed E-state index contributed by atoms with van der Waals surface area (Å²) in [6.07, 6.45) is 2.33. The second-order valence-corrected chi connectivity index (χ2v) is 5.78. The van der Waals surface area contributed by atoms with Gasteiger partial charge in [0.1, 0.15) is 5.75 Å². The Morgan fingerprint density at radius 1 is 1.37 bits per heavy atom. The number of nitrogens with two attached hydrogens (primary N) is 1. The first-order valence-electron chi connectivity index (χ1n) is 7.22. The van der Waals surface area contributed by atoms with Gasteiger partial charge in [-0.05, 0) is 56.8 Å². The number of ether oxygens (including phenoxy) is 1. The lowest BCUT2D eigenvalue weighted by Crippen LogP contribution is -2.37. The first-order valence-corrected chi connectivity index (χ1v) is 7.22. The van der Waals surface area contributed by atoms with Gasteiger partial charge in [-0.1, -0.05) is 12.1 Å². The van der Waals surface area contributed by atoms with E-state index in [1.807, 2.05) is 12.1 Å². The Balaban J connectivity index is 1.94. The molecule has 1 aliphatic rings. The van der Waals surface area contributed by atoms with Crippen molar-refractivity contribution in [1.82, 2.24) is 4.90 Å². The summed E-state index contributed by atoms with van der Waals surface area (Å²) in [5, 5.41) is 0. The van der Waals surface area contributed by atoms with Gasteiger partial charge in [-0.25, -0.2) is 0 Å². The molecule has 3 heteroatoms. The van der Waals surface area contributed by atoms with Crippen molar-refractivity contribution in [2.24, 2.45) is 11.7 Å². The van der Waals surface area contributed by atoms with Gasteiger partial charge in [-0.15, -0.1) is 0 Å². The van der Waals surface area contributed by atoms with Crippen LogP contribution in [0.15, 0.2) is 24.3 Å². The van der Waals surface area contributed by atoms with Crippen LogP contribution in [0.1, 0.15) is 25.8 Å². The molecule has 0 saturated carbocycles. The zero-order valence-electron chi connectivity index (χ0n) is 12.3. The molecule has 0 bridgehead atoms. The number of rotatable bonds is 5. The number of methoxy groups -OCH3 is 1. The van der Waals surface area contributed by atoms with Gasteiger partial charge in [0.25, 0.3) is 0 Å². The summed E-state index contributed by atoms with van der Waals surface area (Å²) in [4.78, 5) is 2.60. The zero-order valence-corrected chi connectivity index (χ0v) is 12.3. The summed E-state index contributed by atoms with van der Waals surface area (Å²) >= 11 is 0. The van der Waals surface area contributed by atoms with Gasteiger partial charge in [-0.3, -0.25) is 4.90 Å². The molecule has 2 N–H and O–H groups in total. The van der Waals surface area contributed by atoms with Gasteiger partial charge >= 0.3 is 0 Å². The Hall–Kier alpha value is -1.06. The number of benzene rings is 1. The number of nitrogens with zero attached hydrogens (tertiary/aromatic N) is 1. The van der Waals surface area contributed by atoms with Crippen LogP contribution in [0.25, 0.3) is 0 Å². The van der Waals surface area contributed by atoms with Crippen LogP contribution in [0.4, 0.5) is 0 Å². The van der Waals surface area contributed by atoms with Crippen LogP contribution in [0.5, 0.6) is 5.75 Å². The zero-order chi connectivity index (χ0) is 13.8. The van der Waals surface area contributed by atoms with E-state index in [2.05, 4.69) is 30.9 Å². The molecule has 19 heavy (non-hydrogen) atoms. The van der Waals surface area contributed by atoms with Crippen molar-refractivity contribution in [2.75, 3.05) is 20.2 Å². The predicted octanol–water partition coefficient (Wildman–Crippen LogP) is 2.30. The summed E-state index contributed by atoms with van der Waals surface area (Å²) in [6.45, 7) is 6.60. The molecule has 0 radical (unpaired) electrons. The number of hydrogen-bond donors (Lipinski definition) is 1. The Bertz CT molecular complexity index is 390. The van der Waals surface area contributed by atoms with Crippen LogP contribution in [-0.4, -0.2) is 37.2 Å². The maximum Gasteiger partial charge on any atom is 0.118 e. The highest BCUT2D eigenvalue weighted by molar-refractivity contribution is 5.27. The minimum atomic E-state index is 0.569. The van der Waals surface area contributed by atoms with Crippen molar-refractivity contribution in [3.05, 3.63) is 29.8 Å². The molecule has 0 aromatic heterocycles. The summed E-state index contributed by atoms with van der Waals surface area (Å²) in [7, 11) is 1.70. The molecule has 0 aliphatic carbocycles. The van der Waals surface area contributed by atoms with Gasteiger partial charge in [0.15, 0.2) is 0 Å². The molecule has 2 rings (SSSR count). The molecule has 1 aliphatic heterocycles. The Morgan fingerprint density at radius 2 is 2.05 bits per heavy atom. The Kier molecular flexibility index (Phi) is 4.83. The molecule has 0 spiro atoms. The van der Waals surface area contributed by atoms with E-state index >= 15 is 0 Å². The van der Waals surface area contributed by atoms with Gasteiger partial charge in [0, 0.05) is 18.6 Å². The molecule has 3 nitrogen and oxygen atoms in total. The average molecular weight is 262 g/mol. The molecule has 106 valence electrons. The molecular formula is C16H26N2O. The molecule has 1 aromatic carbocycles. The highest BCUT2D eigenvalue weighted by Gasteiger charge is 2.31. The monoisotopic (exact) mass is 262 g/mol. The normalized spacial score (nSPS) is 25.5. The molecule has 1 saturated heterocycles. The molecule has 3 atom stereocenters. The SMILES string of the molecule is COc1ccc(CC(C)N2CC(CN)CC2C)cc1. The van der Waals surface area contributed by atoms with E-state index in [-0.39, 0.29) is 0 Å². The molecule has 1 aromatic rings. The number of hydrogen-bond acceptors (Lipinski definition) is 3. The fraction of sp³-hybridized carbons (Fsp3) is 0.625. The van der Waals surface area contributed by atoms with E-state index < -0.39 is 0 Å². The molecule has 3 unspecified atom stereocenters. The lowest BCUT2D eigenvalue weighted by Gasteiger charge is -2.28. The lowest BCUT2D eigenvalue weighted by molar-refractivity contribution is 0.198. The standard InChI is InChI=1S/C16H26N2O/c1-12(18-11-15(10-17)9-13(18)2)8-14-4-6-16(19-3)7-5-14/h4-7,12-13,15H,8-11,17H2,1-3H3. The van der Waals surface area contributed by atoms with Crippen LogP contribution in [-0.2, 0) is 6.42 Å².